The van der Waals surface area contributed by atoms with Gasteiger partial charge in [-0.25, -0.2) is 0 Å². The van der Waals surface area contributed by atoms with Gasteiger partial charge in [0.05, 0.1) is 5.69 Å². The molecule has 16 heavy (non-hydrogen) atoms. The lowest BCUT2D eigenvalue weighted by molar-refractivity contribution is -0.129. The summed E-state index contributed by atoms with van der Waals surface area (Å²) in [6.45, 7) is 9.69. The first-order valence-electron chi connectivity index (χ1n) is 5.61. The molecule has 0 saturated heterocycles. The third-order valence-corrected chi connectivity index (χ3v) is 2.33. The molecule has 0 aliphatic heterocycles. The van der Waals surface area contributed by atoms with Gasteiger partial charge in [0.2, 0.25) is 5.91 Å². The molecule has 0 aliphatic carbocycles. The van der Waals surface area contributed by atoms with Crippen molar-refractivity contribution in [2.45, 2.75) is 47.1 Å². The Morgan fingerprint density at radius 1 is 1.56 bits per heavy atom. The Morgan fingerprint density at radius 3 is 2.62 bits per heavy atom. The zero-order chi connectivity index (χ0) is 12.3. The zero-order valence-corrected chi connectivity index (χ0v) is 10.7. The van der Waals surface area contributed by atoms with Gasteiger partial charge in [-0.2, -0.15) is 5.10 Å². The minimum atomic E-state index is -0.338. The summed E-state index contributed by atoms with van der Waals surface area (Å²) in [7, 11) is 0. The van der Waals surface area contributed by atoms with Crippen molar-refractivity contribution in [1.82, 2.24) is 15.5 Å². The minimum absolute atomic E-state index is 0.0762. The quantitative estimate of drug-likeness (QED) is 0.821. The second-order valence-electron chi connectivity index (χ2n) is 5.37. The van der Waals surface area contributed by atoms with Crippen molar-refractivity contribution in [3.8, 4) is 0 Å². The van der Waals surface area contributed by atoms with Crippen LogP contribution in [0.25, 0.3) is 0 Å². The Morgan fingerprint density at radius 2 is 2.19 bits per heavy atom. The average molecular weight is 223 g/mol. The fourth-order valence-corrected chi connectivity index (χ4v) is 1.38. The van der Waals surface area contributed by atoms with E-state index in [1.165, 1.54) is 0 Å². The van der Waals surface area contributed by atoms with Crippen LogP contribution in [0.2, 0.25) is 0 Å². The van der Waals surface area contributed by atoms with Crippen molar-refractivity contribution < 1.29 is 4.79 Å². The highest BCUT2D eigenvalue weighted by atomic mass is 16.2. The van der Waals surface area contributed by atoms with E-state index in [4.69, 9.17) is 0 Å². The van der Waals surface area contributed by atoms with E-state index in [1.54, 1.807) is 0 Å². The van der Waals surface area contributed by atoms with Crippen molar-refractivity contribution in [2.24, 2.45) is 5.41 Å². The number of nitrogens with one attached hydrogen (secondary N) is 2. The van der Waals surface area contributed by atoms with E-state index >= 15 is 0 Å². The number of carbonyl (C=O) groups is 1. The smallest absolute Gasteiger partial charge is 0.225 e. The molecule has 1 aromatic rings. The lowest BCUT2D eigenvalue weighted by Gasteiger charge is -2.21. The first-order valence-corrected chi connectivity index (χ1v) is 5.61. The van der Waals surface area contributed by atoms with Crippen LogP contribution >= 0.6 is 0 Å². The first kappa shape index (κ1) is 12.7. The second-order valence-corrected chi connectivity index (χ2v) is 5.37. The van der Waals surface area contributed by atoms with E-state index in [0.717, 1.165) is 17.8 Å². The highest BCUT2D eigenvalue weighted by Crippen LogP contribution is 2.13. The molecule has 0 fully saturated rings. The van der Waals surface area contributed by atoms with Gasteiger partial charge in [-0.15, -0.1) is 0 Å². The number of aromatic nitrogens is 2. The normalized spacial score (nSPS) is 13.6. The van der Waals surface area contributed by atoms with Crippen LogP contribution in [0.4, 0.5) is 0 Å². The summed E-state index contributed by atoms with van der Waals surface area (Å²) in [5.74, 6) is 0.0762. The van der Waals surface area contributed by atoms with Gasteiger partial charge >= 0.3 is 0 Å². The standard InChI is InChI=1S/C12H21N3O/c1-8(13-11(16)12(3,4)5)6-10-7-9(2)14-15-10/h7-8H,6H2,1-5H3,(H,13,16)(H,14,15). The number of rotatable bonds is 3. The molecule has 1 rings (SSSR count). The Hall–Kier alpha value is -1.32. The number of H-pyrrole nitrogens is 1. The van der Waals surface area contributed by atoms with Crippen LogP contribution < -0.4 is 5.32 Å². The number of aromatic amines is 1. The number of carbonyl (C=O) groups excluding carboxylic acids is 1. The highest BCUT2D eigenvalue weighted by molar-refractivity contribution is 5.81. The molecule has 2 N–H and O–H groups in total. The Kier molecular flexibility index (Phi) is 3.73. The van der Waals surface area contributed by atoms with Crippen LogP contribution in [0, 0.1) is 12.3 Å². The molecule has 0 bridgehead atoms. The van der Waals surface area contributed by atoms with Crippen molar-refractivity contribution in [3.05, 3.63) is 17.5 Å². The minimum Gasteiger partial charge on any atom is -0.353 e. The molecular formula is C12H21N3O. The topological polar surface area (TPSA) is 57.8 Å². The second kappa shape index (κ2) is 4.68. The molecule has 90 valence electrons. The number of hydrogen-bond acceptors (Lipinski definition) is 2. The number of nitrogens with zero attached hydrogens (tertiary/aromatic N) is 1. The summed E-state index contributed by atoms with van der Waals surface area (Å²) in [6, 6.07) is 2.11. The van der Waals surface area contributed by atoms with Gasteiger partial charge in [-0.05, 0) is 19.9 Å². The van der Waals surface area contributed by atoms with E-state index < -0.39 is 0 Å². The van der Waals surface area contributed by atoms with Crippen molar-refractivity contribution in [2.75, 3.05) is 0 Å². The van der Waals surface area contributed by atoms with Gasteiger partial charge < -0.3 is 5.32 Å². The third-order valence-electron chi connectivity index (χ3n) is 2.33. The number of amides is 1. The molecule has 0 spiro atoms. The highest BCUT2D eigenvalue weighted by Gasteiger charge is 2.22. The molecular weight excluding hydrogens is 202 g/mol. The molecule has 0 radical (unpaired) electrons. The number of hydrogen-bond donors (Lipinski definition) is 2. The van der Waals surface area contributed by atoms with Gasteiger partial charge in [0.25, 0.3) is 0 Å². The van der Waals surface area contributed by atoms with Gasteiger partial charge in [0, 0.05) is 23.6 Å². The van der Waals surface area contributed by atoms with Crippen LogP contribution in [0.15, 0.2) is 6.07 Å². The van der Waals surface area contributed by atoms with Gasteiger partial charge in [-0.3, -0.25) is 9.89 Å². The largest absolute Gasteiger partial charge is 0.353 e. The lowest BCUT2D eigenvalue weighted by atomic mass is 9.95. The summed E-state index contributed by atoms with van der Waals surface area (Å²) >= 11 is 0. The van der Waals surface area contributed by atoms with Gasteiger partial charge in [0.15, 0.2) is 0 Å². The zero-order valence-electron chi connectivity index (χ0n) is 10.7. The molecule has 1 heterocycles. The van der Waals surface area contributed by atoms with Gasteiger partial charge in [0.1, 0.15) is 0 Å². The lowest BCUT2D eigenvalue weighted by Crippen LogP contribution is -2.41. The van der Waals surface area contributed by atoms with Crippen molar-refractivity contribution in [1.29, 1.82) is 0 Å². The van der Waals surface area contributed by atoms with Crippen molar-refractivity contribution >= 4 is 5.91 Å². The van der Waals surface area contributed by atoms with Crippen LogP contribution in [0.3, 0.4) is 0 Å². The van der Waals surface area contributed by atoms with E-state index in [1.807, 2.05) is 40.7 Å². The predicted octanol–water partition coefficient (Wildman–Crippen LogP) is 1.81. The molecule has 0 aliphatic rings. The van der Waals surface area contributed by atoms with E-state index in [-0.39, 0.29) is 17.4 Å². The summed E-state index contributed by atoms with van der Waals surface area (Å²) in [5.41, 5.74) is 1.69. The van der Waals surface area contributed by atoms with Crippen LogP contribution in [-0.4, -0.2) is 22.1 Å². The van der Waals surface area contributed by atoms with E-state index in [9.17, 15) is 4.79 Å². The van der Waals surface area contributed by atoms with E-state index in [0.29, 0.717) is 0 Å². The Labute approximate surface area is 96.8 Å². The summed E-state index contributed by atoms with van der Waals surface area (Å²) in [5, 5.41) is 10.0. The fourth-order valence-electron chi connectivity index (χ4n) is 1.38. The molecule has 1 amide bonds. The maximum absolute atomic E-state index is 11.7. The summed E-state index contributed by atoms with van der Waals surface area (Å²) < 4.78 is 0. The number of aryl methyl sites for hydroxylation is 1. The van der Waals surface area contributed by atoms with Crippen LogP contribution in [-0.2, 0) is 11.2 Å². The molecule has 0 aromatic carbocycles. The van der Waals surface area contributed by atoms with Crippen LogP contribution in [0.5, 0.6) is 0 Å². The summed E-state index contributed by atoms with van der Waals surface area (Å²) in [6.07, 6.45) is 0.756. The van der Waals surface area contributed by atoms with Crippen LogP contribution in [0.1, 0.15) is 39.1 Å². The summed E-state index contributed by atoms with van der Waals surface area (Å²) in [4.78, 5) is 11.7. The molecule has 4 heteroatoms. The molecule has 1 unspecified atom stereocenters. The monoisotopic (exact) mass is 223 g/mol. The SMILES string of the molecule is Cc1cc(CC(C)NC(=O)C(C)(C)C)n[nH]1. The first-order chi connectivity index (χ1) is 7.29. The maximum atomic E-state index is 11.7. The predicted molar refractivity (Wildman–Crippen MR) is 64.1 cm³/mol. The maximum Gasteiger partial charge on any atom is 0.225 e. The molecule has 1 atom stereocenters. The Balaban J connectivity index is 2.48. The molecule has 1 aromatic heterocycles. The molecule has 0 saturated carbocycles. The molecule has 4 nitrogen and oxygen atoms in total. The van der Waals surface area contributed by atoms with E-state index in [2.05, 4.69) is 15.5 Å². The Bertz CT molecular complexity index is 363. The fraction of sp³-hybridized carbons (Fsp3) is 0.667. The third kappa shape index (κ3) is 3.68. The van der Waals surface area contributed by atoms with Gasteiger partial charge in [-0.1, -0.05) is 20.8 Å². The van der Waals surface area contributed by atoms with Crippen molar-refractivity contribution in [3.63, 3.8) is 0 Å². The average Bonchev–Trinajstić information content (AvgIpc) is 2.49.